The summed E-state index contributed by atoms with van der Waals surface area (Å²) in [6.45, 7) is 5.38. The molecule has 0 radical (unpaired) electrons. The molecule has 1 spiro atoms. The number of nitrogens with zero attached hydrogens (tertiary/aromatic N) is 2. The highest BCUT2D eigenvalue weighted by Gasteiger charge is 2.43. The van der Waals surface area contributed by atoms with Crippen molar-refractivity contribution in [1.82, 2.24) is 14.9 Å². The monoisotopic (exact) mass is 502 g/mol. The number of rotatable bonds is 4. The number of halogens is 1. The molecule has 3 aliphatic rings. The molecule has 0 unspecified atom stereocenters. The van der Waals surface area contributed by atoms with Crippen LogP contribution in [0.3, 0.4) is 0 Å². The summed E-state index contributed by atoms with van der Waals surface area (Å²) in [5.41, 5.74) is 4.71. The number of hydrogen-bond acceptors (Lipinski definition) is 5. The molecule has 0 bridgehead atoms. The lowest BCUT2D eigenvalue weighted by Gasteiger charge is -2.44. The van der Waals surface area contributed by atoms with Gasteiger partial charge < -0.3 is 10.6 Å². The summed E-state index contributed by atoms with van der Waals surface area (Å²) in [5.74, 6) is 0.972. The molecule has 2 heterocycles. The Labute approximate surface area is 209 Å². The number of amidine groups is 1. The van der Waals surface area contributed by atoms with Crippen molar-refractivity contribution in [1.29, 1.82) is 0 Å². The van der Waals surface area contributed by atoms with Crippen LogP contribution in [0.4, 0.5) is 0 Å². The topological polar surface area (TPSA) is 73.8 Å². The first-order valence-corrected chi connectivity index (χ1v) is 13.6. The van der Waals surface area contributed by atoms with Gasteiger partial charge in [-0.05, 0) is 74.3 Å². The number of nitrogens with one attached hydrogen (secondary N) is 2. The molecule has 2 aliphatic heterocycles. The minimum atomic E-state index is -3.48. The van der Waals surface area contributed by atoms with Crippen molar-refractivity contribution >= 4 is 28.3 Å². The SMILES string of the molecule is Cc1ccc(CNC2=NCCNC23CCN(S(=O)(=O)c2ccc4c(c2)CCCC4)CC3)cc1.Cl. The van der Waals surface area contributed by atoms with Crippen LogP contribution in [0.25, 0.3) is 0 Å². The van der Waals surface area contributed by atoms with Crippen LogP contribution < -0.4 is 10.6 Å². The average molecular weight is 503 g/mol. The first-order valence-electron chi connectivity index (χ1n) is 12.2. The van der Waals surface area contributed by atoms with Crippen LogP contribution in [0.2, 0.25) is 0 Å². The van der Waals surface area contributed by atoms with Crippen LogP contribution in [0.1, 0.15) is 47.9 Å². The first kappa shape index (κ1) is 25.2. The van der Waals surface area contributed by atoms with Crippen LogP contribution in [0, 0.1) is 6.92 Å². The van der Waals surface area contributed by atoms with Gasteiger partial charge in [-0.1, -0.05) is 35.9 Å². The van der Waals surface area contributed by atoms with Gasteiger partial charge >= 0.3 is 0 Å². The normalized spacial score (nSPS) is 20.2. The Bertz CT molecular complexity index is 1140. The lowest BCUT2D eigenvalue weighted by atomic mass is 9.85. The fourth-order valence-electron chi connectivity index (χ4n) is 5.36. The predicted octanol–water partition coefficient (Wildman–Crippen LogP) is 3.61. The fourth-order valence-corrected chi connectivity index (χ4v) is 6.85. The van der Waals surface area contributed by atoms with Gasteiger partial charge in [0.25, 0.3) is 0 Å². The molecule has 1 fully saturated rings. The van der Waals surface area contributed by atoms with Crippen molar-refractivity contribution in [2.75, 3.05) is 26.2 Å². The third-order valence-corrected chi connectivity index (χ3v) is 9.31. The maximum atomic E-state index is 13.4. The molecule has 0 aromatic heterocycles. The van der Waals surface area contributed by atoms with E-state index in [1.54, 1.807) is 10.4 Å². The Balaban J connectivity index is 0.00000274. The van der Waals surface area contributed by atoms with E-state index >= 15 is 0 Å². The molecule has 6 nitrogen and oxygen atoms in total. The number of piperidine rings is 1. The Morgan fingerprint density at radius 2 is 1.74 bits per heavy atom. The van der Waals surface area contributed by atoms with E-state index < -0.39 is 10.0 Å². The molecule has 1 saturated heterocycles. The molecule has 2 N–H and O–H groups in total. The van der Waals surface area contributed by atoms with Crippen LogP contribution >= 0.6 is 12.4 Å². The largest absolute Gasteiger partial charge is 0.368 e. The number of benzene rings is 2. The minimum Gasteiger partial charge on any atom is -0.368 e. The molecule has 2 aromatic carbocycles. The van der Waals surface area contributed by atoms with Gasteiger partial charge in [0.15, 0.2) is 0 Å². The second-order valence-corrected chi connectivity index (χ2v) is 11.6. The quantitative estimate of drug-likeness (QED) is 0.669. The molecular formula is C26H35ClN4O2S. The van der Waals surface area contributed by atoms with E-state index in [2.05, 4.69) is 41.8 Å². The van der Waals surface area contributed by atoms with Gasteiger partial charge in [-0.15, -0.1) is 12.4 Å². The van der Waals surface area contributed by atoms with E-state index in [9.17, 15) is 8.42 Å². The summed E-state index contributed by atoms with van der Waals surface area (Å²) in [6.07, 6.45) is 5.82. The van der Waals surface area contributed by atoms with Crippen molar-refractivity contribution < 1.29 is 8.42 Å². The lowest BCUT2D eigenvalue weighted by molar-refractivity contribution is 0.241. The standard InChI is InChI=1S/C26H34N4O2S.ClH/c1-20-6-8-21(9-7-20)19-28-25-26(29-15-14-27-25)12-16-30(17-13-26)33(31,32)24-11-10-22-4-2-3-5-23(22)18-24;/h6-11,18,29H,2-5,12-17,19H2,1H3,(H,27,28);1H. The van der Waals surface area contributed by atoms with Gasteiger partial charge in [0, 0.05) is 26.2 Å². The summed E-state index contributed by atoms with van der Waals surface area (Å²) >= 11 is 0. The van der Waals surface area contributed by atoms with Crippen LogP contribution in [-0.2, 0) is 29.4 Å². The van der Waals surface area contributed by atoms with Crippen molar-refractivity contribution in [3.05, 3.63) is 64.7 Å². The maximum Gasteiger partial charge on any atom is 0.243 e. The minimum absolute atomic E-state index is 0. The van der Waals surface area contributed by atoms with Gasteiger partial charge in [0.2, 0.25) is 10.0 Å². The van der Waals surface area contributed by atoms with Gasteiger partial charge in [0.05, 0.1) is 17.0 Å². The van der Waals surface area contributed by atoms with E-state index in [4.69, 9.17) is 4.99 Å². The van der Waals surface area contributed by atoms with Crippen LogP contribution in [0.5, 0.6) is 0 Å². The van der Waals surface area contributed by atoms with Crippen molar-refractivity contribution in [3.8, 4) is 0 Å². The highest BCUT2D eigenvalue weighted by molar-refractivity contribution is 7.89. The maximum absolute atomic E-state index is 13.4. The van der Waals surface area contributed by atoms with Gasteiger partial charge in [-0.25, -0.2) is 8.42 Å². The number of hydrogen-bond donors (Lipinski definition) is 2. The van der Waals surface area contributed by atoms with Gasteiger partial charge in [-0.3, -0.25) is 4.99 Å². The Morgan fingerprint density at radius 3 is 2.47 bits per heavy atom. The average Bonchev–Trinajstić information content (AvgIpc) is 2.84. The van der Waals surface area contributed by atoms with Crippen LogP contribution in [0.15, 0.2) is 52.4 Å². The molecule has 5 rings (SSSR count). The smallest absolute Gasteiger partial charge is 0.243 e. The zero-order valence-electron chi connectivity index (χ0n) is 19.8. The van der Waals surface area contributed by atoms with E-state index in [1.165, 1.54) is 28.7 Å². The highest BCUT2D eigenvalue weighted by atomic mass is 35.5. The molecular weight excluding hydrogens is 468 g/mol. The summed E-state index contributed by atoms with van der Waals surface area (Å²) in [6, 6.07) is 14.3. The zero-order chi connectivity index (χ0) is 22.9. The number of fused-ring (bicyclic) bond motifs is 1. The molecule has 0 amide bonds. The second-order valence-electron chi connectivity index (χ2n) is 9.62. The van der Waals surface area contributed by atoms with Crippen LogP contribution in [-0.4, -0.2) is 50.3 Å². The Morgan fingerprint density at radius 1 is 1.03 bits per heavy atom. The first-order chi connectivity index (χ1) is 16.0. The third kappa shape index (κ3) is 5.03. The Kier molecular flexibility index (Phi) is 7.67. The highest BCUT2D eigenvalue weighted by Crippen LogP contribution is 2.31. The van der Waals surface area contributed by atoms with E-state index in [-0.39, 0.29) is 17.9 Å². The molecule has 8 heteroatoms. The molecule has 1 aliphatic carbocycles. The molecule has 0 saturated carbocycles. The fraction of sp³-hybridized carbons (Fsp3) is 0.500. The zero-order valence-corrected chi connectivity index (χ0v) is 21.5. The summed E-state index contributed by atoms with van der Waals surface area (Å²) in [4.78, 5) is 5.25. The second kappa shape index (κ2) is 10.4. The summed E-state index contributed by atoms with van der Waals surface area (Å²) in [5, 5.41) is 7.22. The third-order valence-electron chi connectivity index (χ3n) is 7.41. The van der Waals surface area contributed by atoms with Crippen molar-refractivity contribution in [3.63, 3.8) is 0 Å². The van der Waals surface area contributed by atoms with E-state index in [0.29, 0.717) is 18.0 Å². The summed E-state index contributed by atoms with van der Waals surface area (Å²) in [7, 11) is -3.48. The molecule has 0 atom stereocenters. The summed E-state index contributed by atoms with van der Waals surface area (Å²) < 4.78 is 28.5. The number of aryl methyl sites for hydroxylation is 3. The number of aliphatic imine (C=N–C) groups is 1. The van der Waals surface area contributed by atoms with Crippen molar-refractivity contribution in [2.24, 2.45) is 4.99 Å². The molecule has 184 valence electrons. The van der Waals surface area contributed by atoms with Gasteiger partial charge in [0.1, 0.15) is 5.84 Å². The predicted molar refractivity (Wildman–Crippen MR) is 139 cm³/mol. The Hall–Kier alpha value is -1.93. The number of sulfonamides is 1. The lowest BCUT2D eigenvalue weighted by Crippen LogP contribution is -2.64. The van der Waals surface area contributed by atoms with E-state index in [0.717, 1.165) is 57.6 Å². The van der Waals surface area contributed by atoms with Gasteiger partial charge in [-0.2, -0.15) is 4.31 Å². The molecule has 34 heavy (non-hydrogen) atoms. The van der Waals surface area contributed by atoms with Crippen molar-refractivity contribution in [2.45, 2.75) is 62.4 Å². The van der Waals surface area contributed by atoms with E-state index in [1.807, 2.05) is 12.1 Å². The molecule has 2 aromatic rings.